The number of nitrogens with one attached hydrogen (secondary N) is 1. The summed E-state index contributed by atoms with van der Waals surface area (Å²) in [6.07, 6.45) is 1.06. The van der Waals surface area contributed by atoms with Crippen LogP contribution in [0.3, 0.4) is 0 Å². The molecule has 1 amide bonds. The zero-order chi connectivity index (χ0) is 10.8. The van der Waals surface area contributed by atoms with E-state index in [1.807, 2.05) is 13.8 Å². The molecule has 1 heterocycles. The summed E-state index contributed by atoms with van der Waals surface area (Å²) < 4.78 is 5.30. The highest BCUT2D eigenvalue weighted by Crippen LogP contribution is 2.18. The number of amides is 1. The molecule has 1 saturated heterocycles. The van der Waals surface area contributed by atoms with E-state index in [0.717, 1.165) is 19.6 Å². The van der Waals surface area contributed by atoms with Crippen molar-refractivity contribution in [1.29, 1.82) is 0 Å². The third kappa shape index (κ3) is 2.69. The van der Waals surface area contributed by atoms with E-state index >= 15 is 0 Å². The molecule has 82 valence electrons. The Morgan fingerprint density at radius 1 is 1.64 bits per heavy atom. The molecule has 1 fully saturated rings. The Hall–Kier alpha value is -0.610. The molecule has 1 rings (SSSR count). The number of primary amides is 1. The maximum atomic E-state index is 11.1. The average molecular weight is 200 g/mol. The van der Waals surface area contributed by atoms with Gasteiger partial charge in [-0.3, -0.25) is 4.79 Å². The number of rotatable bonds is 4. The highest BCUT2D eigenvalue weighted by atomic mass is 16.5. The lowest BCUT2D eigenvalue weighted by atomic mass is 9.96. The number of nitrogens with two attached hydrogens (primary N) is 1. The molecule has 0 aliphatic carbocycles. The summed E-state index contributed by atoms with van der Waals surface area (Å²) in [7, 11) is 0. The molecule has 4 heteroatoms. The summed E-state index contributed by atoms with van der Waals surface area (Å²) >= 11 is 0. The molecule has 2 unspecified atom stereocenters. The van der Waals surface area contributed by atoms with Gasteiger partial charge >= 0.3 is 0 Å². The van der Waals surface area contributed by atoms with Gasteiger partial charge in [-0.15, -0.1) is 0 Å². The Morgan fingerprint density at radius 2 is 2.29 bits per heavy atom. The van der Waals surface area contributed by atoms with E-state index in [-0.39, 0.29) is 11.9 Å². The third-order valence-electron chi connectivity index (χ3n) is 2.88. The van der Waals surface area contributed by atoms with Gasteiger partial charge in [-0.2, -0.15) is 0 Å². The summed E-state index contributed by atoms with van der Waals surface area (Å²) in [6.45, 7) is 7.30. The molecule has 0 aromatic rings. The van der Waals surface area contributed by atoms with E-state index in [2.05, 4.69) is 12.2 Å². The van der Waals surface area contributed by atoms with Gasteiger partial charge in [0.1, 0.15) is 0 Å². The zero-order valence-electron chi connectivity index (χ0n) is 9.17. The van der Waals surface area contributed by atoms with Crippen LogP contribution in [0, 0.1) is 5.92 Å². The van der Waals surface area contributed by atoms with Gasteiger partial charge in [-0.1, -0.05) is 0 Å². The number of carbonyl (C=O) groups excluding carboxylic acids is 1. The Kier molecular flexibility index (Phi) is 3.50. The largest absolute Gasteiger partial charge is 0.381 e. The van der Waals surface area contributed by atoms with Crippen LogP contribution in [0.5, 0.6) is 0 Å². The first kappa shape index (κ1) is 11.5. The normalized spacial score (nSPS) is 24.9. The first-order chi connectivity index (χ1) is 6.43. The second-order valence-corrected chi connectivity index (χ2v) is 4.55. The average Bonchev–Trinajstić information content (AvgIpc) is 2.54. The molecule has 0 radical (unpaired) electrons. The molecule has 2 atom stereocenters. The monoisotopic (exact) mass is 200 g/mol. The van der Waals surface area contributed by atoms with Gasteiger partial charge in [0.25, 0.3) is 0 Å². The van der Waals surface area contributed by atoms with Crippen LogP contribution in [0.2, 0.25) is 0 Å². The van der Waals surface area contributed by atoms with Crippen molar-refractivity contribution in [2.75, 3.05) is 13.2 Å². The van der Waals surface area contributed by atoms with Gasteiger partial charge < -0.3 is 15.8 Å². The van der Waals surface area contributed by atoms with Gasteiger partial charge in [0.15, 0.2) is 0 Å². The summed E-state index contributed by atoms with van der Waals surface area (Å²) in [5.74, 6) is 0.178. The highest BCUT2D eigenvalue weighted by Gasteiger charge is 2.30. The second kappa shape index (κ2) is 4.28. The van der Waals surface area contributed by atoms with Crippen LogP contribution < -0.4 is 11.1 Å². The van der Waals surface area contributed by atoms with Crippen LogP contribution in [0.25, 0.3) is 0 Å². The Bertz CT molecular complexity index is 210. The smallest absolute Gasteiger partial charge is 0.237 e. The van der Waals surface area contributed by atoms with E-state index in [1.165, 1.54) is 0 Å². The van der Waals surface area contributed by atoms with Crippen LogP contribution in [-0.2, 0) is 9.53 Å². The summed E-state index contributed by atoms with van der Waals surface area (Å²) in [5.41, 5.74) is 4.65. The summed E-state index contributed by atoms with van der Waals surface area (Å²) in [6, 6.07) is 0.264. The van der Waals surface area contributed by atoms with Crippen LogP contribution in [-0.4, -0.2) is 30.7 Å². The van der Waals surface area contributed by atoms with Crippen LogP contribution >= 0.6 is 0 Å². The van der Waals surface area contributed by atoms with Gasteiger partial charge in [0, 0.05) is 12.6 Å². The highest BCUT2D eigenvalue weighted by molar-refractivity contribution is 5.83. The molecule has 0 saturated carbocycles. The fourth-order valence-electron chi connectivity index (χ4n) is 1.71. The second-order valence-electron chi connectivity index (χ2n) is 4.55. The lowest BCUT2D eigenvalue weighted by molar-refractivity contribution is -0.123. The van der Waals surface area contributed by atoms with Crippen molar-refractivity contribution in [1.82, 2.24) is 5.32 Å². The number of hydrogen-bond donors (Lipinski definition) is 2. The van der Waals surface area contributed by atoms with Crippen LogP contribution in [0.15, 0.2) is 0 Å². The zero-order valence-corrected chi connectivity index (χ0v) is 9.17. The van der Waals surface area contributed by atoms with Gasteiger partial charge in [-0.25, -0.2) is 0 Å². The predicted molar refractivity (Wildman–Crippen MR) is 54.8 cm³/mol. The van der Waals surface area contributed by atoms with Gasteiger partial charge in [-0.05, 0) is 33.1 Å². The van der Waals surface area contributed by atoms with Crippen molar-refractivity contribution in [2.45, 2.75) is 38.8 Å². The number of hydrogen-bond acceptors (Lipinski definition) is 3. The van der Waals surface area contributed by atoms with Gasteiger partial charge in [0.05, 0.1) is 12.1 Å². The minimum Gasteiger partial charge on any atom is -0.381 e. The summed E-state index contributed by atoms with van der Waals surface area (Å²) in [4.78, 5) is 11.1. The molecule has 14 heavy (non-hydrogen) atoms. The molecule has 1 aliphatic heterocycles. The lowest BCUT2D eigenvalue weighted by Crippen LogP contribution is -2.55. The van der Waals surface area contributed by atoms with E-state index in [4.69, 9.17) is 10.5 Å². The molecule has 1 aliphatic rings. The van der Waals surface area contributed by atoms with Crippen molar-refractivity contribution in [3.63, 3.8) is 0 Å². The molecule has 4 nitrogen and oxygen atoms in total. The van der Waals surface area contributed by atoms with E-state index in [9.17, 15) is 4.79 Å². The summed E-state index contributed by atoms with van der Waals surface area (Å²) in [5, 5.41) is 3.24. The predicted octanol–water partition coefficient (Wildman–Crippen LogP) is 0.265. The van der Waals surface area contributed by atoms with Crippen molar-refractivity contribution in [3.8, 4) is 0 Å². The molecule has 3 N–H and O–H groups in total. The molecule has 0 aromatic carbocycles. The molecule has 0 spiro atoms. The Balaban J connectivity index is 2.46. The number of ether oxygens (including phenoxy) is 1. The van der Waals surface area contributed by atoms with E-state index < -0.39 is 5.54 Å². The minimum absolute atomic E-state index is 0.264. The molecular formula is C10H20N2O2. The molecule has 0 bridgehead atoms. The maximum Gasteiger partial charge on any atom is 0.237 e. The van der Waals surface area contributed by atoms with Crippen molar-refractivity contribution in [3.05, 3.63) is 0 Å². The Morgan fingerprint density at radius 3 is 2.71 bits per heavy atom. The quantitative estimate of drug-likeness (QED) is 0.684. The first-order valence-corrected chi connectivity index (χ1v) is 5.09. The molecule has 0 aromatic heterocycles. The lowest BCUT2D eigenvalue weighted by Gasteiger charge is -2.29. The third-order valence-corrected chi connectivity index (χ3v) is 2.88. The van der Waals surface area contributed by atoms with E-state index in [1.54, 1.807) is 0 Å². The topological polar surface area (TPSA) is 64.3 Å². The SMILES string of the molecule is CC(NC(C)(C)C(N)=O)C1CCOC1. The van der Waals surface area contributed by atoms with Gasteiger partial charge in [0.2, 0.25) is 5.91 Å². The van der Waals surface area contributed by atoms with Crippen molar-refractivity contribution < 1.29 is 9.53 Å². The number of carbonyl (C=O) groups is 1. The Labute approximate surface area is 85.2 Å². The fraction of sp³-hybridized carbons (Fsp3) is 0.900. The van der Waals surface area contributed by atoms with E-state index in [0.29, 0.717) is 5.92 Å². The standard InChI is InChI=1S/C10H20N2O2/c1-7(8-4-5-14-6-8)12-10(2,3)9(11)13/h7-8,12H,4-6H2,1-3H3,(H2,11,13). The first-order valence-electron chi connectivity index (χ1n) is 5.09. The minimum atomic E-state index is -0.637. The van der Waals surface area contributed by atoms with Crippen molar-refractivity contribution in [2.24, 2.45) is 11.7 Å². The molecular weight excluding hydrogens is 180 g/mol. The maximum absolute atomic E-state index is 11.1. The van der Waals surface area contributed by atoms with Crippen molar-refractivity contribution >= 4 is 5.91 Å². The van der Waals surface area contributed by atoms with Crippen LogP contribution in [0.1, 0.15) is 27.2 Å². The fourth-order valence-corrected chi connectivity index (χ4v) is 1.71. The van der Waals surface area contributed by atoms with Crippen LogP contribution in [0.4, 0.5) is 0 Å².